The van der Waals surface area contributed by atoms with Gasteiger partial charge >= 0.3 is 0 Å². The summed E-state index contributed by atoms with van der Waals surface area (Å²) < 4.78 is 1.49. The Balaban J connectivity index is 2.63. The molecule has 2 aromatic rings. The highest BCUT2D eigenvalue weighted by atomic mass is 35.5. The number of nitrogens with one attached hydrogen (secondary N) is 1. The van der Waals surface area contributed by atoms with Crippen LogP contribution in [0.25, 0.3) is 5.82 Å². The predicted molar refractivity (Wildman–Crippen MR) is 56.1 cm³/mol. The van der Waals surface area contributed by atoms with Crippen molar-refractivity contribution < 1.29 is 0 Å². The normalized spacial score (nSPS) is 10.5. The van der Waals surface area contributed by atoms with E-state index in [9.17, 15) is 4.79 Å². The lowest BCUT2D eigenvalue weighted by molar-refractivity contribution is 0.803. The second kappa shape index (κ2) is 3.39. The monoisotopic (exact) mass is 225 g/mol. The summed E-state index contributed by atoms with van der Waals surface area (Å²) in [5.41, 5.74) is 5.95. The number of nitrogen functional groups attached to an aromatic ring is 1. The minimum Gasteiger partial charge on any atom is -0.368 e. The van der Waals surface area contributed by atoms with Crippen LogP contribution in [0.2, 0.25) is 5.15 Å². The minimum atomic E-state index is -0.208. The third-order valence-electron chi connectivity index (χ3n) is 1.84. The van der Waals surface area contributed by atoms with Crippen LogP contribution >= 0.6 is 11.6 Å². The van der Waals surface area contributed by atoms with E-state index in [4.69, 9.17) is 17.3 Å². The van der Waals surface area contributed by atoms with Crippen LogP contribution in [0.15, 0.2) is 16.9 Å². The van der Waals surface area contributed by atoms with Crippen LogP contribution in [0.4, 0.5) is 5.95 Å². The van der Waals surface area contributed by atoms with Crippen molar-refractivity contribution in [2.75, 3.05) is 5.73 Å². The predicted octanol–water partition coefficient (Wildman–Crippen LogP) is 0.500. The van der Waals surface area contributed by atoms with Crippen LogP contribution < -0.4 is 11.3 Å². The second-order valence-electron chi connectivity index (χ2n) is 3.00. The number of rotatable bonds is 1. The third-order valence-corrected chi connectivity index (χ3v) is 2.04. The molecular weight excluding hydrogens is 218 g/mol. The van der Waals surface area contributed by atoms with Crippen LogP contribution in [0.1, 0.15) is 5.69 Å². The molecule has 2 rings (SSSR count). The number of aromatic nitrogens is 4. The zero-order chi connectivity index (χ0) is 11.0. The molecule has 0 radical (unpaired) electrons. The zero-order valence-electron chi connectivity index (χ0n) is 7.86. The van der Waals surface area contributed by atoms with Crippen LogP contribution in [-0.4, -0.2) is 19.7 Å². The number of aryl methyl sites for hydroxylation is 1. The molecule has 0 unspecified atom stereocenters. The first-order chi connectivity index (χ1) is 7.06. The topological polar surface area (TPSA) is 89.6 Å². The van der Waals surface area contributed by atoms with E-state index in [1.807, 2.05) is 0 Å². The molecule has 15 heavy (non-hydrogen) atoms. The van der Waals surface area contributed by atoms with Crippen molar-refractivity contribution in [2.24, 2.45) is 0 Å². The van der Waals surface area contributed by atoms with Gasteiger partial charge in [-0.15, -0.1) is 0 Å². The summed E-state index contributed by atoms with van der Waals surface area (Å²) >= 11 is 5.72. The summed E-state index contributed by atoms with van der Waals surface area (Å²) in [6, 6.07) is 2.97. The summed E-state index contributed by atoms with van der Waals surface area (Å²) in [7, 11) is 0. The summed E-state index contributed by atoms with van der Waals surface area (Å²) in [6.45, 7) is 1.77. The highest BCUT2D eigenvalue weighted by molar-refractivity contribution is 6.29. The number of hydrogen-bond acceptors (Lipinski definition) is 4. The highest BCUT2D eigenvalue weighted by Crippen LogP contribution is 2.12. The molecule has 0 aliphatic rings. The number of nitrogens with zero attached hydrogens (tertiary/aromatic N) is 3. The molecule has 0 saturated carbocycles. The fraction of sp³-hybridized carbons (Fsp3) is 0.125. The van der Waals surface area contributed by atoms with Crippen LogP contribution in [-0.2, 0) is 0 Å². The molecule has 2 aromatic heterocycles. The molecule has 0 aliphatic heterocycles. The summed E-state index contributed by atoms with van der Waals surface area (Å²) in [6.07, 6.45) is 0. The van der Waals surface area contributed by atoms with Crippen LogP contribution in [0.3, 0.4) is 0 Å². The quantitative estimate of drug-likeness (QED) is 0.692. The molecule has 0 saturated heterocycles. The maximum Gasteiger partial charge on any atom is 0.264 e. The van der Waals surface area contributed by atoms with Crippen molar-refractivity contribution >= 4 is 17.5 Å². The van der Waals surface area contributed by atoms with Crippen LogP contribution in [0, 0.1) is 6.92 Å². The van der Waals surface area contributed by atoms with Crippen molar-refractivity contribution in [3.05, 3.63) is 33.3 Å². The lowest BCUT2D eigenvalue weighted by atomic mass is 10.4. The minimum absolute atomic E-state index is 0.0615. The lowest BCUT2D eigenvalue weighted by Gasteiger charge is -2.04. The molecule has 0 spiro atoms. The number of hydrogen-bond donors (Lipinski definition) is 2. The molecule has 0 aromatic carbocycles. The van der Waals surface area contributed by atoms with Gasteiger partial charge in [0.1, 0.15) is 5.15 Å². The molecule has 0 atom stereocenters. The molecule has 2 heterocycles. The summed E-state index contributed by atoms with van der Waals surface area (Å²) in [5, 5.41) is 2.80. The van der Waals surface area contributed by atoms with E-state index in [1.165, 1.54) is 16.8 Å². The van der Waals surface area contributed by atoms with E-state index < -0.39 is 0 Å². The number of halogens is 1. The van der Waals surface area contributed by atoms with Crippen molar-refractivity contribution in [3.63, 3.8) is 0 Å². The van der Waals surface area contributed by atoms with E-state index in [2.05, 4.69) is 15.1 Å². The zero-order valence-corrected chi connectivity index (χ0v) is 8.62. The van der Waals surface area contributed by atoms with Crippen molar-refractivity contribution in [2.45, 2.75) is 6.92 Å². The van der Waals surface area contributed by atoms with E-state index in [1.54, 1.807) is 6.92 Å². The van der Waals surface area contributed by atoms with Gasteiger partial charge < -0.3 is 5.73 Å². The Kier molecular flexibility index (Phi) is 2.20. The molecular formula is C8H8ClN5O. The first-order valence-electron chi connectivity index (χ1n) is 4.15. The maximum atomic E-state index is 11.1. The van der Waals surface area contributed by atoms with Gasteiger partial charge in [0.15, 0.2) is 5.82 Å². The number of aromatic amines is 1. The molecule has 0 bridgehead atoms. The SMILES string of the molecule is Cc1cc(=O)[nH]n1-c1cc(Cl)nc(N)n1. The summed E-state index contributed by atoms with van der Waals surface area (Å²) in [5.74, 6) is 0.499. The van der Waals surface area contributed by atoms with Crippen molar-refractivity contribution in [1.82, 2.24) is 19.7 Å². The maximum absolute atomic E-state index is 11.1. The highest BCUT2D eigenvalue weighted by Gasteiger charge is 2.06. The average molecular weight is 226 g/mol. The average Bonchev–Trinajstić information content (AvgIpc) is 2.43. The Labute approximate surface area is 89.7 Å². The Morgan fingerprint density at radius 1 is 1.47 bits per heavy atom. The first-order valence-corrected chi connectivity index (χ1v) is 4.53. The van der Waals surface area contributed by atoms with E-state index in [0.29, 0.717) is 11.5 Å². The summed E-state index contributed by atoms with van der Waals surface area (Å²) in [4.78, 5) is 18.7. The Bertz CT molecular complexity index is 538. The van der Waals surface area contributed by atoms with Gasteiger partial charge in [-0.25, -0.2) is 9.67 Å². The first kappa shape index (κ1) is 9.72. The van der Waals surface area contributed by atoms with Gasteiger partial charge in [-0.1, -0.05) is 11.6 Å². The lowest BCUT2D eigenvalue weighted by Crippen LogP contribution is -2.08. The van der Waals surface area contributed by atoms with Gasteiger partial charge in [-0.3, -0.25) is 9.89 Å². The Morgan fingerprint density at radius 3 is 2.73 bits per heavy atom. The molecule has 0 amide bonds. The van der Waals surface area contributed by atoms with Gasteiger partial charge in [0, 0.05) is 17.8 Å². The third kappa shape index (κ3) is 1.84. The fourth-order valence-corrected chi connectivity index (χ4v) is 1.44. The van der Waals surface area contributed by atoms with E-state index in [-0.39, 0.29) is 16.7 Å². The fourth-order valence-electron chi connectivity index (χ4n) is 1.26. The van der Waals surface area contributed by atoms with Crippen molar-refractivity contribution in [1.29, 1.82) is 0 Å². The number of nitrogens with two attached hydrogens (primary N) is 1. The van der Waals surface area contributed by atoms with Gasteiger partial charge in [-0.05, 0) is 6.92 Å². The van der Waals surface area contributed by atoms with Gasteiger partial charge in [-0.2, -0.15) is 4.98 Å². The Morgan fingerprint density at radius 2 is 2.20 bits per heavy atom. The van der Waals surface area contributed by atoms with E-state index >= 15 is 0 Å². The van der Waals surface area contributed by atoms with Gasteiger partial charge in [0.25, 0.3) is 5.56 Å². The molecule has 78 valence electrons. The molecule has 3 N–H and O–H groups in total. The number of anilines is 1. The molecule has 0 aliphatic carbocycles. The smallest absolute Gasteiger partial charge is 0.264 e. The Hall–Kier alpha value is -1.82. The number of H-pyrrole nitrogens is 1. The molecule has 6 nitrogen and oxygen atoms in total. The second-order valence-corrected chi connectivity index (χ2v) is 3.39. The molecule has 0 fully saturated rings. The van der Waals surface area contributed by atoms with Crippen molar-refractivity contribution in [3.8, 4) is 5.82 Å². The van der Waals surface area contributed by atoms with Crippen LogP contribution in [0.5, 0.6) is 0 Å². The van der Waals surface area contributed by atoms with Gasteiger partial charge in [0.2, 0.25) is 5.95 Å². The van der Waals surface area contributed by atoms with E-state index in [0.717, 1.165) is 0 Å². The van der Waals surface area contributed by atoms with Gasteiger partial charge in [0.05, 0.1) is 0 Å². The largest absolute Gasteiger partial charge is 0.368 e. The molecule has 7 heteroatoms. The standard InChI is InChI=1S/C8H8ClN5O/c1-4-2-7(15)13-14(4)6-3-5(9)11-8(10)12-6/h2-3H,1H3,(H,13,15)(H2,10,11,12).